The minimum absolute atomic E-state index is 0.135. The fraction of sp³-hybridized carbons (Fsp3) is 0.357. The number of aryl methyl sites for hydroxylation is 2. The van der Waals surface area contributed by atoms with Gasteiger partial charge in [-0.2, -0.15) is 0 Å². The van der Waals surface area contributed by atoms with Crippen molar-refractivity contribution in [3.63, 3.8) is 0 Å². The van der Waals surface area contributed by atoms with E-state index in [1.807, 2.05) is 26.0 Å². The zero-order chi connectivity index (χ0) is 15.5. The molecule has 7 heteroatoms. The van der Waals surface area contributed by atoms with Crippen LogP contribution in [-0.2, 0) is 29.7 Å². The molecule has 0 aliphatic rings. The zero-order valence-electron chi connectivity index (χ0n) is 12.1. The second-order valence-corrected chi connectivity index (χ2v) is 6.47. The van der Waals surface area contributed by atoms with Crippen LogP contribution in [-0.4, -0.2) is 23.1 Å². The number of nitrogens with one attached hydrogen (secondary N) is 1. The fourth-order valence-electron chi connectivity index (χ4n) is 2.05. The van der Waals surface area contributed by atoms with E-state index in [1.165, 1.54) is 12.3 Å². The van der Waals surface area contributed by atoms with E-state index >= 15 is 0 Å². The molecule has 0 spiro atoms. The quantitative estimate of drug-likeness (QED) is 0.839. The Kier molecular flexibility index (Phi) is 4.76. The highest BCUT2D eigenvalue weighted by atomic mass is 32.2. The molecule has 0 unspecified atom stereocenters. The first-order valence-corrected chi connectivity index (χ1v) is 8.16. The van der Waals surface area contributed by atoms with Gasteiger partial charge in [-0.1, -0.05) is 6.07 Å². The van der Waals surface area contributed by atoms with Crippen molar-refractivity contribution in [1.29, 1.82) is 0 Å². The van der Waals surface area contributed by atoms with Crippen LogP contribution in [0.5, 0.6) is 0 Å². The van der Waals surface area contributed by atoms with Crippen molar-refractivity contribution in [3.05, 3.63) is 47.5 Å². The molecule has 2 aromatic rings. The van der Waals surface area contributed by atoms with Crippen LogP contribution in [0, 0.1) is 6.92 Å². The predicted molar refractivity (Wildman–Crippen MR) is 79.0 cm³/mol. The number of aliphatic hydroxyl groups excluding tert-OH is 1. The van der Waals surface area contributed by atoms with Gasteiger partial charge in [0.1, 0.15) is 0 Å². The molecule has 0 atom stereocenters. The lowest BCUT2D eigenvalue weighted by atomic mass is 10.3. The van der Waals surface area contributed by atoms with Crippen LogP contribution in [0.4, 0.5) is 0 Å². The predicted octanol–water partition coefficient (Wildman–Crippen LogP) is 1.18. The molecule has 2 heterocycles. The van der Waals surface area contributed by atoms with Crippen LogP contribution in [0.15, 0.2) is 35.4 Å². The highest BCUT2D eigenvalue weighted by Gasteiger charge is 2.17. The second-order valence-electron chi connectivity index (χ2n) is 4.71. The van der Waals surface area contributed by atoms with Crippen molar-refractivity contribution in [2.45, 2.75) is 38.4 Å². The summed E-state index contributed by atoms with van der Waals surface area (Å²) in [6, 6.07) is 6.94. The van der Waals surface area contributed by atoms with E-state index in [9.17, 15) is 13.5 Å². The molecule has 21 heavy (non-hydrogen) atoms. The van der Waals surface area contributed by atoms with Gasteiger partial charge in [0.15, 0.2) is 0 Å². The number of hydrogen-bond acceptors (Lipinski definition) is 4. The van der Waals surface area contributed by atoms with Crippen molar-refractivity contribution >= 4 is 10.0 Å². The molecule has 0 aromatic carbocycles. The number of pyridine rings is 1. The highest BCUT2D eigenvalue weighted by Crippen LogP contribution is 2.15. The molecule has 2 N–H and O–H groups in total. The number of sulfonamides is 1. The third-order valence-electron chi connectivity index (χ3n) is 3.16. The van der Waals surface area contributed by atoms with E-state index in [-0.39, 0.29) is 18.0 Å². The minimum Gasteiger partial charge on any atom is -0.390 e. The highest BCUT2D eigenvalue weighted by molar-refractivity contribution is 7.89. The van der Waals surface area contributed by atoms with E-state index in [0.29, 0.717) is 17.9 Å². The summed E-state index contributed by atoms with van der Waals surface area (Å²) in [7, 11) is -3.62. The standard InChI is InChI=1S/C14H19N3O3S/c1-3-17-9-14(7-13(17)10-18)21(19,20)15-8-12-6-4-5-11(2)16-12/h4-7,9,15,18H,3,8,10H2,1-2H3. The van der Waals surface area contributed by atoms with Crippen LogP contribution in [0.2, 0.25) is 0 Å². The molecule has 114 valence electrons. The summed E-state index contributed by atoms with van der Waals surface area (Å²) in [5, 5.41) is 9.22. The van der Waals surface area contributed by atoms with Gasteiger partial charge in [0.2, 0.25) is 10.0 Å². The Morgan fingerprint density at radius 2 is 2.14 bits per heavy atom. The van der Waals surface area contributed by atoms with Gasteiger partial charge in [-0.15, -0.1) is 0 Å². The van der Waals surface area contributed by atoms with Crippen LogP contribution >= 0.6 is 0 Å². The number of rotatable bonds is 6. The van der Waals surface area contributed by atoms with Gasteiger partial charge in [-0.05, 0) is 32.0 Å². The van der Waals surface area contributed by atoms with Crippen molar-refractivity contribution in [3.8, 4) is 0 Å². The van der Waals surface area contributed by atoms with E-state index in [1.54, 1.807) is 10.6 Å². The molecular weight excluding hydrogens is 290 g/mol. The first kappa shape index (κ1) is 15.7. The summed E-state index contributed by atoms with van der Waals surface area (Å²) in [4.78, 5) is 4.41. The molecule has 0 fully saturated rings. The Morgan fingerprint density at radius 1 is 1.38 bits per heavy atom. The van der Waals surface area contributed by atoms with Gasteiger partial charge in [0, 0.05) is 24.1 Å². The SMILES string of the molecule is CCn1cc(S(=O)(=O)NCc2cccc(C)n2)cc1CO. The lowest BCUT2D eigenvalue weighted by molar-refractivity contribution is 0.271. The molecular formula is C14H19N3O3S. The maximum atomic E-state index is 12.3. The third kappa shape index (κ3) is 3.69. The monoisotopic (exact) mass is 309 g/mol. The number of aromatic nitrogens is 2. The third-order valence-corrected chi connectivity index (χ3v) is 4.53. The number of nitrogens with zero attached hydrogens (tertiary/aromatic N) is 2. The molecule has 0 radical (unpaired) electrons. The fourth-order valence-corrected chi connectivity index (χ4v) is 3.11. The lowest BCUT2D eigenvalue weighted by Crippen LogP contribution is -2.23. The van der Waals surface area contributed by atoms with E-state index < -0.39 is 10.0 Å². The van der Waals surface area contributed by atoms with Crippen molar-refractivity contribution < 1.29 is 13.5 Å². The molecule has 6 nitrogen and oxygen atoms in total. The Bertz CT molecular complexity index is 701. The largest absolute Gasteiger partial charge is 0.390 e. The van der Waals surface area contributed by atoms with Crippen LogP contribution < -0.4 is 4.72 Å². The van der Waals surface area contributed by atoms with Crippen molar-refractivity contribution in [2.75, 3.05) is 0 Å². The first-order chi connectivity index (χ1) is 9.96. The Morgan fingerprint density at radius 3 is 2.71 bits per heavy atom. The second kappa shape index (κ2) is 6.38. The molecule has 2 rings (SSSR count). The van der Waals surface area contributed by atoms with Gasteiger partial charge >= 0.3 is 0 Å². The van der Waals surface area contributed by atoms with Crippen LogP contribution in [0.3, 0.4) is 0 Å². The van der Waals surface area contributed by atoms with Crippen molar-refractivity contribution in [2.24, 2.45) is 0 Å². The maximum Gasteiger partial charge on any atom is 0.242 e. The van der Waals surface area contributed by atoms with Gasteiger partial charge in [0.25, 0.3) is 0 Å². The topological polar surface area (TPSA) is 84.2 Å². The van der Waals surface area contributed by atoms with E-state index in [2.05, 4.69) is 9.71 Å². The summed E-state index contributed by atoms with van der Waals surface area (Å²) in [5.41, 5.74) is 2.08. The molecule has 0 saturated heterocycles. The van der Waals surface area contributed by atoms with Crippen LogP contribution in [0.25, 0.3) is 0 Å². The Balaban J connectivity index is 2.16. The van der Waals surface area contributed by atoms with Crippen molar-refractivity contribution in [1.82, 2.24) is 14.3 Å². The zero-order valence-corrected chi connectivity index (χ0v) is 12.9. The van der Waals surface area contributed by atoms with Crippen LogP contribution in [0.1, 0.15) is 24.0 Å². The molecule has 0 amide bonds. The normalized spacial score (nSPS) is 11.8. The van der Waals surface area contributed by atoms with Gasteiger partial charge in [-0.3, -0.25) is 4.98 Å². The molecule has 0 bridgehead atoms. The van der Waals surface area contributed by atoms with Gasteiger partial charge < -0.3 is 9.67 Å². The van der Waals surface area contributed by atoms with E-state index in [0.717, 1.165) is 5.69 Å². The maximum absolute atomic E-state index is 12.3. The molecule has 0 saturated carbocycles. The minimum atomic E-state index is -3.62. The van der Waals surface area contributed by atoms with Gasteiger partial charge in [-0.25, -0.2) is 13.1 Å². The first-order valence-electron chi connectivity index (χ1n) is 6.68. The lowest BCUT2D eigenvalue weighted by Gasteiger charge is -2.05. The Labute approximate surface area is 124 Å². The summed E-state index contributed by atoms with van der Waals surface area (Å²) in [5.74, 6) is 0. The molecule has 0 aliphatic heterocycles. The molecule has 0 aliphatic carbocycles. The Hall–Kier alpha value is -1.70. The average Bonchev–Trinajstić information content (AvgIpc) is 2.89. The summed E-state index contributed by atoms with van der Waals surface area (Å²) >= 11 is 0. The molecule has 2 aromatic heterocycles. The number of hydrogen-bond donors (Lipinski definition) is 2. The average molecular weight is 309 g/mol. The summed E-state index contributed by atoms with van der Waals surface area (Å²) < 4.78 is 28.7. The summed E-state index contributed by atoms with van der Waals surface area (Å²) in [6.45, 7) is 4.29. The van der Waals surface area contributed by atoms with E-state index in [4.69, 9.17) is 0 Å². The number of aliphatic hydroxyl groups is 1. The smallest absolute Gasteiger partial charge is 0.242 e. The summed E-state index contributed by atoms with van der Waals surface area (Å²) in [6.07, 6.45) is 1.53. The van der Waals surface area contributed by atoms with Gasteiger partial charge in [0.05, 0.1) is 23.7 Å².